The molecule has 2 aromatic heterocycles. The zero-order valence-corrected chi connectivity index (χ0v) is 19.1. The number of hydrogen-bond donors (Lipinski definition) is 0. The number of fused-ring (bicyclic) bond motifs is 1. The van der Waals surface area contributed by atoms with E-state index in [9.17, 15) is 9.59 Å². The Kier molecular flexibility index (Phi) is 6.07. The Morgan fingerprint density at radius 2 is 1.79 bits per heavy atom. The van der Waals surface area contributed by atoms with E-state index >= 15 is 0 Å². The van der Waals surface area contributed by atoms with E-state index in [4.69, 9.17) is 0 Å². The highest BCUT2D eigenvalue weighted by atomic mass is 16.2. The van der Waals surface area contributed by atoms with Crippen molar-refractivity contribution in [1.82, 2.24) is 19.8 Å². The van der Waals surface area contributed by atoms with Crippen LogP contribution in [-0.2, 0) is 11.2 Å². The van der Waals surface area contributed by atoms with Crippen LogP contribution < -0.4 is 0 Å². The molecule has 2 saturated heterocycles. The molecule has 2 aliphatic heterocycles. The summed E-state index contributed by atoms with van der Waals surface area (Å²) in [5, 5.41) is 0.990. The molecule has 0 radical (unpaired) electrons. The molecule has 0 aliphatic carbocycles. The first-order valence-electron chi connectivity index (χ1n) is 11.9. The Balaban J connectivity index is 1.20. The predicted octanol–water partition coefficient (Wildman–Crippen LogP) is 3.88. The number of carbonyl (C=O) groups excluding carboxylic acids is 2. The molecule has 2 aliphatic rings. The first kappa shape index (κ1) is 21.6. The number of aryl methyl sites for hydroxylation is 1. The van der Waals surface area contributed by atoms with E-state index in [2.05, 4.69) is 9.97 Å². The van der Waals surface area contributed by atoms with Crippen molar-refractivity contribution in [3.05, 3.63) is 71.7 Å². The minimum atomic E-state index is 0.0615. The molecule has 0 spiro atoms. The molecular weight excluding hydrogens is 412 g/mol. The standard InChI is InChI=1S/C27H30N4O2/c1-19-11-20(15-28-14-19)12-26(32)30-9-4-6-22(17-30)23-8-10-31(18-23)27(33)24-13-21-5-2-3-7-25(21)29-16-24/h2-3,5,7,11,13-16,22-23H,4,6,8-10,12,17-18H2,1H3. The number of likely N-dealkylation sites (tertiary alicyclic amines) is 2. The first-order valence-corrected chi connectivity index (χ1v) is 11.9. The van der Waals surface area contributed by atoms with E-state index in [1.165, 1.54) is 0 Å². The molecule has 2 unspecified atom stereocenters. The van der Waals surface area contributed by atoms with Gasteiger partial charge in [-0.25, -0.2) is 0 Å². The van der Waals surface area contributed by atoms with Crippen molar-refractivity contribution in [2.24, 2.45) is 11.8 Å². The summed E-state index contributed by atoms with van der Waals surface area (Å²) in [6.07, 6.45) is 8.86. The summed E-state index contributed by atoms with van der Waals surface area (Å²) < 4.78 is 0. The minimum Gasteiger partial charge on any atom is -0.342 e. The molecule has 6 nitrogen and oxygen atoms in total. The van der Waals surface area contributed by atoms with Crippen LogP contribution in [0.2, 0.25) is 0 Å². The Hall–Kier alpha value is -3.28. The number of amides is 2. The average Bonchev–Trinajstić information content (AvgIpc) is 3.34. The molecule has 6 heteroatoms. The van der Waals surface area contributed by atoms with Crippen molar-refractivity contribution in [2.75, 3.05) is 26.2 Å². The van der Waals surface area contributed by atoms with Gasteiger partial charge in [0.25, 0.3) is 5.91 Å². The topological polar surface area (TPSA) is 66.4 Å². The van der Waals surface area contributed by atoms with Crippen LogP contribution >= 0.6 is 0 Å². The van der Waals surface area contributed by atoms with Crippen LogP contribution in [0.15, 0.2) is 55.0 Å². The number of pyridine rings is 2. The SMILES string of the molecule is Cc1cncc(CC(=O)N2CCCC(C3CCN(C(=O)c4cnc5ccccc5c4)C3)C2)c1. The molecule has 5 rings (SSSR count). The largest absolute Gasteiger partial charge is 0.342 e. The monoisotopic (exact) mass is 442 g/mol. The number of aromatic nitrogens is 2. The lowest BCUT2D eigenvalue weighted by atomic mass is 9.84. The molecule has 0 saturated carbocycles. The van der Waals surface area contributed by atoms with Crippen molar-refractivity contribution >= 4 is 22.7 Å². The van der Waals surface area contributed by atoms with Crippen LogP contribution in [0, 0.1) is 18.8 Å². The lowest BCUT2D eigenvalue weighted by Gasteiger charge is -2.36. The van der Waals surface area contributed by atoms with Crippen LogP contribution in [-0.4, -0.2) is 57.8 Å². The van der Waals surface area contributed by atoms with E-state index in [0.717, 1.165) is 67.5 Å². The minimum absolute atomic E-state index is 0.0615. The van der Waals surface area contributed by atoms with Crippen molar-refractivity contribution in [3.63, 3.8) is 0 Å². The highest BCUT2D eigenvalue weighted by molar-refractivity contribution is 5.97. The van der Waals surface area contributed by atoms with Gasteiger partial charge in [-0.15, -0.1) is 0 Å². The second-order valence-corrected chi connectivity index (χ2v) is 9.51. The van der Waals surface area contributed by atoms with Gasteiger partial charge >= 0.3 is 0 Å². The molecular formula is C27H30N4O2. The molecule has 2 amide bonds. The van der Waals surface area contributed by atoms with Gasteiger partial charge in [0.05, 0.1) is 17.5 Å². The van der Waals surface area contributed by atoms with Crippen molar-refractivity contribution in [3.8, 4) is 0 Å². The van der Waals surface area contributed by atoms with Crippen molar-refractivity contribution in [2.45, 2.75) is 32.6 Å². The zero-order valence-electron chi connectivity index (χ0n) is 19.1. The molecule has 0 bridgehead atoms. The number of hydrogen-bond acceptors (Lipinski definition) is 4. The van der Waals surface area contributed by atoms with E-state index in [0.29, 0.717) is 23.8 Å². The maximum Gasteiger partial charge on any atom is 0.255 e. The number of para-hydroxylation sites is 1. The third kappa shape index (κ3) is 4.75. The van der Waals surface area contributed by atoms with Crippen LogP contribution in [0.4, 0.5) is 0 Å². The summed E-state index contributed by atoms with van der Waals surface area (Å²) in [6.45, 7) is 5.16. The molecule has 2 atom stereocenters. The Bertz CT molecular complexity index is 1180. The Labute approximate surface area is 194 Å². The van der Waals surface area contributed by atoms with Gasteiger partial charge in [0.15, 0.2) is 0 Å². The quantitative estimate of drug-likeness (QED) is 0.615. The summed E-state index contributed by atoms with van der Waals surface area (Å²) in [6, 6.07) is 11.9. The third-order valence-corrected chi connectivity index (χ3v) is 7.11. The fourth-order valence-corrected chi connectivity index (χ4v) is 5.35. The highest BCUT2D eigenvalue weighted by Crippen LogP contribution is 2.32. The summed E-state index contributed by atoms with van der Waals surface area (Å²) in [5.41, 5.74) is 3.61. The highest BCUT2D eigenvalue weighted by Gasteiger charge is 2.35. The smallest absolute Gasteiger partial charge is 0.255 e. The third-order valence-electron chi connectivity index (χ3n) is 7.11. The van der Waals surface area contributed by atoms with E-state index in [1.807, 2.05) is 59.3 Å². The second-order valence-electron chi connectivity index (χ2n) is 9.51. The fourth-order valence-electron chi connectivity index (χ4n) is 5.35. The summed E-state index contributed by atoms with van der Waals surface area (Å²) in [5.74, 6) is 1.14. The second kappa shape index (κ2) is 9.30. The number of rotatable bonds is 4. The van der Waals surface area contributed by atoms with E-state index < -0.39 is 0 Å². The van der Waals surface area contributed by atoms with Crippen molar-refractivity contribution in [1.29, 1.82) is 0 Å². The Morgan fingerprint density at radius 1 is 0.970 bits per heavy atom. The first-order chi connectivity index (χ1) is 16.1. The maximum atomic E-state index is 13.1. The molecule has 2 fully saturated rings. The lowest BCUT2D eigenvalue weighted by Crippen LogP contribution is -2.43. The van der Waals surface area contributed by atoms with Gasteiger partial charge < -0.3 is 9.80 Å². The number of piperidine rings is 1. The maximum absolute atomic E-state index is 13.1. The molecule has 0 N–H and O–H groups in total. The van der Waals surface area contributed by atoms with Gasteiger partial charge in [-0.2, -0.15) is 0 Å². The zero-order chi connectivity index (χ0) is 22.8. The van der Waals surface area contributed by atoms with E-state index in [1.54, 1.807) is 12.4 Å². The van der Waals surface area contributed by atoms with Crippen LogP contribution in [0.3, 0.4) is 0 Å². The predicted molar refractivity (Wildman–Crippen MR) is 128 cm³/mol. The molecule has 3 aromatic rings. The van der Waals surface area contributed by atoms with Gasteiger partial charge in [0.1, 0.15) is 0 Å². The van der Waals surface area contributed by atoms with Crippen molar-refractivity contribution < 1.29 is 9.59 Å². The molecule has 170 valence electrons. The van der Waals surface area contributed by atoms with Crippen LogP contribution in [0.5, 0.6) is 0 Å². The summed E-state index contributed by atoms with van der Waals surface area (Å²) in [7, 11) is 0. The van der Waals surface area contributed by atoms with Crippen LogP contribution in [0.25, 0.3) is 10.9 Å². The molecule has 4 heterocycles. The molecule has 1 aromatic carbocycles. The van der Waals surface area contributed by atoms with Gasteiger partial charge in [-0.1, -0.05) is 24.3 Å². The van der Waals surface area contributed by atoms with E-state index in [-0.39, 0.29) is 11.8 Å². The number of carbonyl (C=O) groups is 2. The summed E-state index contributed by atoms with van der Waals surface area (Å²) >= 11 is 0. The van der Waals surface area contributed by atoms with Crippen LogP contribution in [0.1, 0.15) is 40.7 Å². The molecule has 33 heavy (non-hydrogen) atoms. The average molecular weight is 443 g/mol. The Morgan fingerprint density at radius 3 is 2.67 bits per heavy atom. The van der Waals surface area contributed by atoms with Gasteiger partial charge in [0, 0.05) is 50.2 Å². The lowest BCUT2D eigenvalue weighted by molar-refractivity contribution is -0.132. The number of benzene rings is 1. The van der Waals surface area contributed by atoms with Gasteiger partial charge in [0.2, 0.25) is 5.91 Å². The van der Waals surface area contributed by atoms with Gasteiger partial charge in [-0.05, 0) is 61.3 Å². The van der Waals surface area contributed by atoms with Gasteiger partial charge in [-0.3, -0.25) is 19.6 Å². The fraction of sp³-hybridized carbons (Fsp3) is 0.407. The summed E-state index contributed by atoms with van der Waals surface area (Å²) in [4.78, 5) is 38.7. The normalized spacial score (nSPS) is 20.9. The number of nitrogens with zero attached hydrogens (tertiary/aromatic N) is 4.